The maximum Gasteiger partial charge on any atom is 0.143 e. The Morgan fingerprint density at radius 3 is 2.50 bits per heavy atom. The summed E-state index contributed by atoms with van der Waals surface area (Å²) < 4.78 is 2.43. The van der Waals surface area contributed by atoms with Crippen molar-refractivity contribution >= 4 is 41.1 Å². The molecule has 0 amide bonds. The molecule has 12 heavy (non-hydrogen) atoms. The summed E-state index contributed by atoms with van der Waals surface area (Å²) in [6, 6.07) is 10.1. The van der Waals surface area contributed by atoms with Crippen LogP contribution in [0.3, 0.4) is 0 Å². The number of thiol groups is 1. The molecule has 0 spiro atoms. The summed E-state index contributed by atoms with van der Waals surface area (Å²) in [7, 11) is 1.90. The van der Waals surface area contributed by atoms with Gasteiger partial charge in [0.05, 0.1) is 0 Å². The van der Waals surface area contributed by atoms with Crippen LogP contribution >= 0.6 is 36.8 Å². The van der Waals surface area contributed by atoms with Gasteiger partial charge in [-0.1, -0.05) is 30.4 Å². The predicted molar refractivity (Wildman–Crippen MR) is 61.6 cm³/mol. The van der Waals surface area contributed by atoms with Gasteiger partial charge in [-0.25, -0.2) is 0 Å². The average Bonchev–Trinajstić information content (AvgIpc) is 2.06. The quantitative estimate of drug-likeness (QED) is 0.459. The Labute approximate surface area is 87.7 Å². The van der Waals surface area contributed by atoms with Crippen LogP contribution in [0.5, 0.6) is 0 Å². The molecule has 1 rings (SSSR count). The summed E-state index contributed by atoms with van der Waals surface area (Å²) >= 11 is 10.5. The molecule has 0 saturated carbocycles. The first-order chi connectivity index (χ1) is 5.70. The van der Waals surface area contributed by atoms with Crippen LogP contribution in [0.2, 0.25) is 0 Å². The molecule has 0 saturated heterocycles. The van der Waals surface area contributed by atoms with E-state index in [0.29, 0.717) is 4.32 Å². The van der Waals surface area contributed by atoms with E-state index in [1.807, 2.05) is 41.7 Å². The van der Waals surface area contributed by atoms with Gasteiger partial charge < -0.3 is 4.31 Å². The smallest absolute Gasteiger partial charge is 0.143 e. The standard InChI is InChI=1S/C8H9NS3/c1-9(8(10)11)12-7-5-3-2-4-6-7/h2-6H,1H3,(H,10,11). The van der Waals surface area contributed by atoms with Gasteiger partial charge in [0.1, 0.15) is 4.32 Å². The van der Waals surface area contributed by atoms with E-state index in [4.69, 9.17) is 12.2 Å². The number of thiocarbonyl (C=S) groups is 1. The average molecular weight is 215 g/mol. The Morgan fingerprint density at radius 2 is 2.00 bits per heavy atom. The molecular weight excluding hydrogens is 206 g/mol. The fraction of sp³-hybridized carbons (Fsp3) is 0.125. The van der Waals surface area contributed by atoms with Crippen molar-refractivity contribution in [2.75, 3.05) is 7.05 Å². The molecule has 0 bridgehead atoms. The van der Waals surface area contributed by atoms with E-state index in [1.54, 1.807) is 11.9 Å². The minimum absolute atomic E-state index is 0.587. The van der Waals surface area contributed by atoms with Gasteiger partial charge in [-0.3, -0.25) is 0 Å². The Morgan fingerprint density at radius 1 is 1.42 bits per heavy atom. The minimum Gasteiger partial charge on any atom is -0.301 e. The molecular formula is C8H9NS3. The second-order valence-electron chi connectivity index (χ2n) is 2.18. The van der Waals surface area contributed by atoms with E-state index in [2.05, 4.69) is 12.6 Å². The zero-order valence-corrected chi connectivity index (χ0v) is 9.13. The molecule has 1 aromatic rings. The summed E-state index contributed by atoms with van der Waals surface area (Å²) in [6.45, 7) is 0. The van der Waals surface area contributed by atoms with Crippen LogP contribution in [-0.4, -0.2) is 15.7 Å². The largest absolute Gasteiger partial charge is 0.301 e. The van der Waals surface area contributed by atoms with Crippen LogP contribution < -0.4 is 0 Å². The van der Waals surface area contributed by atoms with Crippen molar-refractivity contribution in [2.45, 2.75) is 4.90 Å². The number of nitrogens with zero attached hydrogens (tertiary/aromatic N) is 1. The Kier molecular flexibility index (Phi) is 3.91. The highest BCUT2D eigenvalue weighted by molar-refractivity contribution is 8.13. The topological polar surface area (TPSA) is 3.24 Å². The van der Waals surface area contributed by atoms with Gasteiger partial charge in [-0.2, -0.15) is 0 Å². The summed E-state index contributed by atoms with van der Waals surface area (Å²) in [5.74, 6) is 0. The van der Waals surface area contributed by atoms with Gasteiger partial charge >= 0.3 is 0 Å². The highest BCUT2D eigenvalue weighted by Crippen LogP contribution is 2.21. The molecule has 0 radical (unpaired) electrons. The first-order valence-electron chi connectivity index (χ1n) is 3.40. The molecule has 64 valence electrons. The highest BCUT2D eigenvalue weighted by Gasteiger charge is 2.00. The van der Waals surface area contributed by atoms with Gasteiger partial charge in [-0.15, -0.1) is 12.6 Å². The second kappa shape index (κ2) is 4.74. The molecule has 1 nitrogen and oxygen atoms in total. The first-order valence-corrected chi connectivity index (χ1v) is 5.02. The fourth-order valence-electron chi connectivity index (χ4n) is 0.679. The number of rotatable bonds is 2. The molecule has 1 aromatic carbocycles. The lowest BCUT2D eigenvalue weighted by Gasteiger charge is -2.14. The predicted octanol–water partition coefficient (Wildman–Crippen LogP) is 2.84. The Hall–Kier alpha value is -0.190. The SMILES string of the molecule is CN(Sc1ccccc1)C(=S)S. The van der Waals surface area contributed by atoms with Crippen molar-refractivity contribution in [3.63, 3.8) is 0 Å². The van der Waals surface area contributed by atoms with Crippen LogP contribution in [0, 0.1) is 0 Å². The maximum absolute atomic E-state index is 4.89. The Balaban J connectivity index is 2.58. The van der Waals surface area contributed by atoms with E-state index in [1.165, 1.54) is 0 Å². The van der Waals surface area contributed by atoms with E-state index in [0.717, 1.165) is 4.90 Å². The first kappa shape index (κ1) is 9.89. The van der Waals surface area contributed by atoms with E-state index in [-0.39, 0.29) is 0 Å². The lowest BCUT2D eigenvalue weighted by molar-refractivity contribution is 0.879. The third-order valence-electron chi connectivity index (χ3n) is 1.25. The summed E-state index contributed by atoms with van der Waals surface area (Å²) in [5, 5.41) is 0. The molecule has 4 heteroatoms. The third-order valence-corrected chi connectivity index (χ3v) is 3.02. The molecule has 0 fully saturated rings. The van der Waals surface area contributed by atoms with Crippen LogP contribution in [0.1, 0.15) is 0 Å². The lowest BCUT2D eigenvalue weighted by Crippen LogP contribution is -2.10. The molecule has 0 aliphatic rings. The van der Waals surface area contributed by atoms with Crippen molar-refractivity contribution < 1.29 is 0 Å². The number of hydrogen-bond acceptors (Lipinski definition) is 2. The number of benzene rings is 1. The van der Waals surface area contributed by atoms with Gasteiger partial charge in [0.2, 0.25) is 0 Å². The van der Waals surface area contributed by atoms with Crippen LogP contribution in [0.25, 0.3) is 0 Å². The van der Waals surface area contributed by atoms with Crippen LogP contribution in [0.15, 0.2) is 35.2 Å². The molecule has 0 aliphatic heterocycles. The van der Waals surface area contributed by atoms with Crippen molar-refractivity contribution in [3.8, 4) is 0 Å². The molecule has 0 heterocycles. The van der Waals surface area contributed by atoms with Crippen LogP contribution in [0.4, 0.5) is 0 Å². The lowest BCUT2D eigenvalue weighted by atomic mass is 10.4. The van der Waals surface area contributed by atoms with Gasteiger partial charge in [0.15, 0.2) is 0 Å². The summed E-state index contributed by atoms with van der Waals surface area (Å²) in [5.41, 5.74) is 0. The van der Waals surface area contributed by atoms with Crippen molar-refractivity contribution in [1.29, 1.82) is 0 Å². The maximum atomic E-state index is 4.89. The molecule has 0 atom stereocenters. The van der Waals surface area contributed by atoms with E-state index < -0.39 is 0 Å². The monoisotopic (exact) mass is 215 g/mol. The number of hydrogen-bond donors (Lipinski definition) is 1. The van der Waals surface area contributed by atoms with Gasteiger partial charge in [0.25, 0.3) is 0 Å². The molecule has 0 aliphatic carbocycles. The van der Waals surface area contributed by atoms with E-state index in [9.17, 15) is 0 Å². The van der Waals surface area contributed by atoms with E-state index >= 15 is 0 Å². The van der Waals surface area contributed by atoms with Crippen LogP contribution in [-0.2, 0) is 0 Å². The molecule has 0 unspecified atom stereocenters. The zero-order chi connectivity index (χ0) is 8.97. The fourth-order valence-corrected chi connectivity index (χ4v) is 1.59. The van der Waals surface area contributed by atoms with Crippen molar-refractivity contribution in [3.05, 3.63) is 30.3 Å². The summed E-state index contributed by atoms with van der Waals surface area (Å²) in [6.07, 6.45) is 0. The zero-order valence-electron chi connectivity index (χ0n) is 6.60. The second-order valence-corrected chi connectivity index (χ2v) is 4.50. The van der Waals surface area contributed by atoms with Crippen molar-refractivity contribution in [2.24, 2.45) is 0 Å². The van der Waals surface area contributed by atoms with Gasteiger partial charge in [-0.05, 0) is 24.1 Å². The highest BCUT2D eigenvalue weighted by atomic mass is 32.2. The third kappa shape index (κ3) is 3.05. The molecule has 0 aromatic heterocycles. The van der Waals surface area contributed by atoms with Gasteiger partial charge in [0, 0.05) is 11.9 Å². The Bertz CT molecular complexity index is 260. The minimum atomic E-state index is 0.587. The molecule has 0 N–H and O–H groups in total. The van der Waals surface area contributed by atoms with Crippen molar-refractivity contribution in [1.82, 2.24) is 4.31 Å². The normalized spacial score (nSPS) is 9.50. The summed E-state index contributed by atoms with van der Waals surface area (Å²) in [4.78, 5) is 1.16.